The summed E-state index contributed by atoms with van der Waals surface area (Å²) in [7, 11) is 0. The van der Waals surface area contributed by atoms with E-state index in [1.165, 1.54) is 89.0 Å². The summed E-state index contributed by atoms with van der Waals surface area (Å²) < 4.78 is 0. The lowest BCUT2D eigenvalue weighted by molar-refractivity contribution is -0.111. The first-order valence-electron chi connectivity index (χ1n) is 18.0. The fraction of sp³-hybridized carbons (Fsp3) is 0.718. The molecule has 0 saturated heterocycles. The van der Waals surface area contributed by atoms with Crippen LogP contribution in [-0.2, 0) is 4.79 Å². The fourth-order valence-corrected chi connectivity index (χ4v) is 14.2. The molecular formula is C39H52N2O. The Hall–Kier alpha value is -1.87. The number of carbonyl (C=O) groups is 1. The predicted molar refractivity (Wildman–Crippen MR) is 169 cm³/mol. The number of aldehydes is 1. The van der Waals surface area contributed by atoms with E-state index in [1.54, 1.807) is 5.57 Å². The monoisotopic (exact) mass is 564 g/mol. The van der Waals surface area contributed by atoms with Crippen LogP contribution in [0.3, 0.4) is 0 Å². The summed E-state index contributed by atoms with van der Waals surface area (Å²) in [6.07, 6.45) is 22.8. The third-order valence-electron chi connectivity index (χ3n) is 15.5. The third-order valence-corrected chi connectivity index (χ3v) is 15.5. The highest BCUT2D eigenvalue weighted by molar-refractivity contribution is 5.62. The van der Waals surface area contributed by atoms with E-state index < -0.39 is 0 Å². The van der Waals surface area contributed by atoms with E-state index in [2.05, 4.69) is 47.8 Å². The maximum atomic E-state index is 12.7. The maximum Gasteiger partial charge on any atom is 0.137 e. The van der Waals surface area contributed by atoms with E-state index in [0.29, 0.717) is 29.7 Å². The van der Waals surface area contributed by atoms with Crippen molar-refractivity contribution in [2.75, 3.05) is 5.32 Å². The number of fused-ring (bicyclic) bond motifs is 10. The van der Waals surface area contributed by atoms with E-state index in [4.69, 9.17) is 12.3 Å². The van der Waals surface area contributed by atoms with Crippen LogP contribution < -0.4 is 11.1 Å². The zero-order valence-electron chi connectivity index (χ0n) is 25.5. The maximum absolute atomic E-state index is 12.7. The lowest BCUT2D eigenvalue weighted by Gasteiger charge is -2.41. The van der Waals surface area contributed by atoms with E-state index in [9.17, 15) is 4.79 Å². The highest BCUT2D eigenvalue weighted by Gasteiger charge is 2.75. The van der Waals surface area contributed by atoms with Crippen LogP contribution in [0.25, 0.3) is 0 Å². The summed E-state index contributed by atoms with van der Waals surface area (Å²) in [5.41, 5.74) is 9.86. The lowest BCUT2D eigenvalue weighted by Crippen LogP contribution is -2.44. The van der Waals surface area contributed by atoms with Gasteiger partial charge in [0, 0.05) is 17.1 Å². The van der Waals surface area contributed by atoms with Crippen LogP contribution in [0.2, 0.25) is 0 Å². The van der Waals surface area contributed by atoms with Gasteiger partial charge >= 0.3 is 0 Å². The number of anilines is 1. The third kappa shape index (κ3) is 3.64. The number of benzene rings is 1. The van der Waals surface area contributed by atoms with Crippen LogP contribution in [0.4, 0.5) is 5.69 Å². The Labute approximate surface area is 253 Å². The second-order valence-corrected chi connectivity index (χ2v) is 16.5. The molecule has 0 heterocycles. The normalized spacial score (nSPS) is 52.3. The van der Waals surface area contributed by atoms with Crippen molar-refractivity contribution in [2.45, 2.75) is 89.1 Å². The molecular weight excluding hydrogens is 512 g/mol. The molecule has 224 valence electrons. The second-order valence-electron chi connectivity index (χ2n) is 16.5. The van der Waals surface area contributed by atoms with Crippen LogP contribution in [0.5, 0.6) is 0 Å². The van der Waals surface area contributed by atoms with Crippen LogP contribution in [0.15, 0.2) is 54.6 Å². The molecule has 16 atom stereocenters. The van der Waals surface area contributed by atoms with Gasteiger partial charge in [0.1, 0.15) is 6.29 Å². The number of para-hydroxylation sites is 1. The molecule has 0 aromatic heterocycles. The molecule has 0 bridgehead atoms. The Balaban J connectivity index is 0.996. The van der Waals surface area contributed by atoms with Gasteiger partial charge in [0.25, 0.3) is 0 Å². The van der Waals surface area contributed by atoms with Gasteiger partial charge in [-0.1, -0.05) is 55.3 Å². The van der Waals surface area contributed by atoms with E-state index in [0.717, 1.165) is 53.3 Å². The van der Waals surface area contributed by atoms with Gasteiger partial charge in [0.15, 0.2) is 0 Å². The van der Waals surface area contributed by atoms with Crippen LogP contribution in [0.1, 0.15) is 77.0 Å². The number of hydrogen-bond donors (Lipinski definition) is 2. The highest BCUT2D eigenvalue weighted by Crippen LogP contribution is 2.78. The lowest BCUT2D eigenvalue weighted by atomic mass is 9.64. The first-order chi connectivity index (χ1) is 20.6. The molecule has 1 aromatic carbocycles. The molecule has 0 amide bonds. The van der Waals surface area contributed by atoms with Crippen molar-refractivity contribution in [2.24, 2.45) is 88.1 Å². The van der Waals surface area contributed by atoms with Crippen molar-refractivity contribution >= 4 is 12.0 Å². The van der Waals surface area contributed by atoms with Crippen LogP contribution in [0, 0.1) is 82.3 Å². The van der Waals surface area contributed by atoms with Gasteiger partial charge in [-0.3, -0.25) is 0 Å². The van der Waals surface area contributed by atoms with Crippen molar-refractivity contribution in [3.63, 3.8) is 0 Å². The summed E-state index contributed by atoms with van der Waals surface area (Å²) in [6.45, 7) is 4.73. The van der Waals surface area contributed by atoms with Gasteiger partial charge in [0.2, 0.25) is 0 Å². The zero-order chi connectivity index (χ0) is 28.2. The molecule has 7 fully saturated rings. The fourth-order valence-electron chi connectivity index (χ4n) is 14.2. The standard InChI is InChI=1S/C39H52N2O/c1-22-10-16-34-38(37-30-13-11-23-6-5-9-27(23)32(30)20-31(22)37)39(34,36(40)21-42)25-12-14-28-24(18-25)19-33-29(28)15-17-35(33)41-26-7-3-2-4-8-26/h2-4,7-8,12,14,21,23-25,27-38,41H,1,5-6,9-11,13,15-20,40H2/t23-,24-,25+,27-,28+,29-,30-,31+,32-,33-,34-,35+,36-,37-,38+,39+/m0/s1. The molecule has 0 radical (unpaired) electrons. The average Bonchev–Trinajstić information content (AvgIpc) is 3.50. The Morgan fingerprint density at radius 1 is 0.857 bits per heavy atom. The van der Waals surface area contributed by atoms with Crippen molar-refractivity contribution < 1.29 is 4.79 Å². The zero-order valence-corrected chi connectivity index (χ0v) is 25.5. The topological polar surface area (TPSA) is 55.1 Å². The minimum Gasteiger partial charge on any atom is -0.382 e. The molecule has 0 aliphatic heterocycles. The number of hydrogen-bond acceptors (Lipinski definition) is 3. The number of rotatable bonds is 5. The van der Waals surface area contributed by atoms with E-state index in [1.807, 2.05) is 0 Å². The van der Waals surface area contributed by atoms with Crippen molar-refractivity contribution in [1.82, 2.24) is 0 Å². The molecule has 3 nitrogen and oxygen atoms in total. The van der Waals surface area contributed by atoms with E-state index in [-0.39, 0.29) is 11.5 Å². The second kappa shape index (κ2) is 9.82. The molecule has 0 unspecified atom stereocenters. The molecule has 7 saturated carbocycles. The van der Waals surface area contributed by atoms with Gasteiger partial charge < -0.3 is 15.8 Å². The number of nitrogens with two attached hydrogens (primary N) is 1. The van der Waals surface area contributed by atoms with Gasteiger partial charge in [-0.05, 0) is 153 Å². The summed E-state index contributed by atoms with van der Waals surface area (Å²) in [5.74, 6) is 9.95. The Bertz CT molecular complexity index is 1260. The van der Waals surface area contributed by atoms with Crippen molar-refractivity contribution in [1.29, 1.82) is 0 Å². The van der Waals surface area contributed by atoms with Gasteiger partial charge in [0.05, 0.1) is 6.04 Å². The molecule has 8 aliphatic rings. The van der Waals surface area contributed by atoms with Crippen molar-refractivity contribution in [3.05, 3.63) is 54.6 Å². The summed E-state index contributed by atoms with van der Waals surface area (Å²) in [6, 6.07) is 11.1. The predicted octanol–water partition coefficient (Wildman–Crippen LogP) is 7.89. The Kier molecular flexibility index (Phi) is 6.20. The minimum atomic E-state index is -0.319. The summed E-state index contributed by atoms with van der Waals surface area (Å²) >= 11 is 0. The molecule has 3 N–H and O–H groups in total. The molecule has 9 rings (SSSR count). The summed E-state index contributed by atoms with van der Waals surface area (Å²) in [4.78, 5) is 12.7. The average molecular weight is 565 g/mol. The first-order valence-corrected chi connectivity index (χ1v) is 18.0. The number of carbonyl (C=O) groups excluding carboxylic acids is 1. The molecule has 0 spiro atoms. The first kappa shape index (κ1) is 26.5. The van der Waals surface area contributed by atoms with Crippen LogP contribution in [-0.4, -0.2) is 18.4 Å². The van der Waals surface area contributed by atoms with Gasteiger partial charge in [-0.15, -0.1) is 0 Å². The Morgan fingerprint density at radius 3 is 2.57 bits per heavy atom. The molecule has 42 heavy (non-hydrogen) atoms. The smallest absolute Gasteiger partial charge is 0.137 e. The quantitative estimate of drug-likeness (QED) is 0.282. The Morgan fingerprint density at radius 2 is 1.71 bits per heavy atom. The van der Waals surface area contributed by atoms with E-state index >= 15 is 0 Å². The number of nitrogens with one attached hydrogen (secondary N) is 1. The number of allylic oxidation sites excluding steroid dienone is 3. The largest absolute Gasteiger partial charge is 0.382 e. The van der Waals surface area contributed by atoms with Crippen molar-refractivity contribution in [3.8, 4) is 0 Å². The minimum absolute atomic E-state index is 0.00631. The van der Waals surface area contributed by atoms with Crippen LogP contribution >= 0.6 is 0 Å². The van der Waals surface area contributed by atoms with Gasteiger partial charge in [-0.2, -0.15) is 0 Å². The highest BCUT2D eigenvalue weighted by atomic mass is 16.1. The molecule has 1 aromatic rings. The molecule has 8 aliphatic carbocycles. The summed E-state index contributed by atoms with van der Waals surface area (Å²) in [5, 5.41) is 3.92. The SMILES string of the molecule is C=C1CC[C@H]2[C@H]([C@H]3[C@H]4CC[C@@H]5CCC[C@@H]5[C@@H]4C[C@H]13)[C@@]2([C@@H]1C=C[C@@H]2[C@H](C[C@H]3[C@H]2CC[C@H]3Nc2ccccc2)C1)[C@@H](N)C=O. The van der Waals surface area contributed by atoms with Gasteiger partial charge in [-0.25, -0.2) is 0 Å². The molecule has 3 heteroatoms.